The number of benzene rings is 2. The van der Waals surface area contributed by atoms with Crippen LogP contribution < -0.4 is 5.43 Å². The third kappa shape index (κ3) is 3.52. The highest BCUT2D eigenvalue weighted by molar-refractivity contribution is 6.13. The number of likely N-dealkylation sites (tertiary alicyclic amines) is 1. The Labute approximate surface area is 242 Å². The molecule has 4 amide bonds. The Morgan fingerprint density at radius 1 is 0.929 bits per heavy atom. The van der Waals surface area contributed by atoms with Crippen LogP contribution in [0.15, 0.2) is 82.8 Å². The predicted molar refractivity (Wildman–Crippen MR) is 151 cm³/mol. The molecule has 2 N–H and O–H groups in total. The molecule has 1 aromatic heterocycles. The second kappa shape index (κ2) is 9.52. The summed E-state index contributed by atoms with van der Waals surface area (Å²) in [5, 5.41) is 11.0. The van der Waals surface area contributed by atoms with Gasteiger partial charge in [0.2, 0.25) is 11.8 Å². The van der Waals surface area contributed by atoms with Crippen molar-refractivity contribution < 1.29 is 28.7 Å². The van der Waals surface area contributed by atoms with Crippen molar-refractivity contribution in [3.63, 3.8) is 0 Å². The number of carbonyl (C=O) groups is 4. The molecule has 9 heteroatoms. The number of hydrazine groups is 1. The summed E-state index contributed by atoms with van der Waals surface area (Å²) in [7, 11) is 1.51. The zero-order valence-electron chi connectivity index (χ0n) is 23.3. The molecule has 42 heavy (non-hydrogen) atoms. The lowest BCUT2D eigenvalue weighted by molar-refractivity contribution is -0.140. The molecule has 6 unspecified atom stereocenters. The van der Waals surface area contributed by atoms with Crippen LogP contribution in [0.25, 0.3) is 0 Å². The summed E-state index contributed by atoms with van der Waals surface area (Å²) < 4.78 is 6.15. The average Bonchev–Trinajstić information content (AvgIpc) is 3.64. The third-order valence-corrected chi connectivity index (χ3v) is 9.74. The number of hydrogen-bond acceptors (Lipinski definition) is 7. The minimum absolute atomic E-state index is 0.214. The van der Waals surface area contributed by atoms with Crippen molar-refractivity contribution in [1.82, 2.24) is 9.91 Å². The van der Waals surface area contributed by atoms with Crippen molar-refractivity contribution in [2.45, 2.75) is 37.7 Å². The number of carbonyl (C=O) groups excluding carboxylic acids is 4. The smallest absolute Gasteiger partial charge is 0.260 e. The van der Waals surface area contributed by atoms with Crippen LogP contribution in [0, 0.1) is 30.6 Å². The average molecular weight is 566 g/mol. The monoisotopic (exact) mass is 565 g/mol. The van der Waals surface area contributed by atoms with Gasteiger partial charge in [-0.2, -0.15) is 5.01 Å². The molecule has 3 fully saturated rings. The number of imide groups is 2. The third-order valence-electron chi connectivity index (χ3n) is 9.74. The zero-order chi connectivity index (χ0) is 29.3. The van der Waals surface area contributed by atoms with E-state index in [9.17, 15) is 24.3 Å². The highest BCUT2D eigenvalue weighted by Crippen LogP contribution is 2.64. The van der Waals surface area contributed by atoms with Gasteiger partial charge in [0.05, 0.1) is 29.4 Å². The van der Waals surface area contributed by atoms with Crippen LogP contribution in [-0.4, -0.2) is 45.7 Å². The quantitative estimate of drug-likeness (QED) is 0.358. The largest absolute Gasteiger partial charge is 0.463 e. The number of amides is 4. The highest BCUT2D eigenvalue weighted by Gasteiger charge is 2.70. The van der Waals surface area contributed by atoms with Crippen molar-refractivity contribution in [3.05, 3.63) is 101 Å². The number of hydrogen-bond donors (Lipinski definition) is 2. The molecule has 7 rings (SSSR count). The maximum Gasteiger partial charge on any atom is 0.260 e. The lowest BCUT2D eigenvalue weighted by Gasteiger charge is -2.49. The van der Waals surface area contributed by atoms with Gasteiger partial charge in [0.25, 0.3) is 11.8 Å². The highest BCUT2D eigenvalue weighted by atomic mass is 16.4. The van der Waals surface area contributed by atoms with Crippen LogP contribution in [0.2, 0.25) is 0 Å². The number of aryl methyl sites for hydroxylation is 1. The molecular formula is C33H31N3O6. The summed E-state index contributed by atoms with van der Waals surface area (Å²) >= 11 is 0. The first-order valence-electron chi connectivity index (χ1n) is 14.3. The van der Waals surface area contributed by atoms with E-state index in [-0.39, 0.29) is 24.8 Å². The molecule has 3 aromatic rings. The SMILES string of the molecule is Cc1ccc(NN2C(=O)C3CC4C(=CCC5C(=O)N(C)C(=O)C54)C(c4ccc(CO)o4)C3(c3ccccc3)C2=O)cc1. The van der Waals surface area contributed by atoms with Gasteiger partial charge in [0.15, 0.2) is 0 Å². The Morgan fingerprint density at radius 2 is 1.67 bits per heavy atom. The van der Waals surface area contributed by atoms with Gasteiger partial charge in [-0.25, -0.2) is 0 Å². The molecule has 0 bridgehead atoms. The molecule has 2 saturated heterocycles. The van der Waals surface area contributed by atoms with Crippen molar-refractivity contribution in [3.8, 4) is 0 Å². The molecule has 2 aliphatic heterocycles. The van der Waals surface area contributed by atoms with E-state index in [4.69, 9.17) is 4.42 Å². The van der Waals surface area contributed by atoms with E-state index in [2.05, 4.69) is 5.43 Å². The molecule has 2 aromatic carbocycles. The lowest BCUT2D eigenvalue weighted by atomic mass is 9.50. The number of nitrogens with one attached hydrogen (secondary N) is 1. The van der Waals surface area contributed by atoms with Crippen LogP contribution in [-0.2, 0) is 31.2 Å². The van der Waals surface area contributed by atoms with E-state index in [0.717, 1.165) is 16.1 Å². The second-order valence-electron chi connectivity index (χ2n) is 11.8. The zero-order valence-corrected chi connectivity index (χ0v) is 23.3. The fraction of sp³-hybridized carbons (Fsp3) is 0.333. The number of fused-ring (bicyclic) bond motifs is 4. The maximum atomic E-state index is 14.9. The van der Waals surface area contributed by atoms with Crippen LogP contribution in [0.3, 0.4) is 0 Å². The van der Waals surface area contributed by atoms with Crippen molar-refractivity contribution in [2.75, 3.05) is 12.5 Å². The standard InChI is InChI=1S/C33H31N3O6/c1-18-8-10-20(11-9-18)34-36-30(39)25-16-24-22(13-14-23-27(24)31(40)35(2)29(23)38)28(26-15-12-21(17-37)42-26)33(25,32(36)41)19-6-4-3-5-7-19/h3-13,15,23-25,27-28,34,37H,14,16-17H2,1-2H3. The molecule has 9 nitrogen and oxygen atoms in total. The molecular weight excluding hydrogens is 534 g/mol. The summed E-state index contributed by atoms with van der Waals surface area (Å²) in [6, 6.07) is 20.1. The Balaban J connectivity index is 1.45. The Hall–Kier alpha value is -4.50. The van der Waals surface area contributed by atoms with Gasteiger partial charge in [-0.05, 0) is 55.5 Å². The topological polar surface area (TPSA) is 120 Å². The predicted octanol–water partition coefficient (Wildman–Crippen LogP) is 3.70. The Morgan fingerprint density at radius 3 is 2.36 bits per heavy atom. The molecule has 6 atom stereocenters. The van der Waals surface area contributed by atoms with E-state index in [0.29, 0.717) is 29.2 Å². The summed E-state index contributed by atoms with van der Waals surface area (Å²) in [5.41, 5.74) is 4.82. The molecule has 1 saturated carbocycles. The number of furan rings is 1. The van der Waals surface area contributed by atoms with Crippen LogP contribution >= 0.6 is 0 Å². The Bertz CT molecular complexity index is 1640. The van der Waals surface area contributed by atoms with Crippen molar-refractivity contribution >= 4 is 29.3 Å². The fourth-order valence-electron chi connectivity index (χ4n) is 7.85. The number of rotatable bonds is 5. The second-order valence-corrected chi connectivity index (χ2v) is 11.8. The van der Waals surface area contributed by atoms with Gasteiger partial charge >= 0.3 is 0 Å². The van der Waals surface area contributed by atoms with Crippen molar-refractivity contribution in [1.29, 1.82) is 0 Å². The number of nitrogens with zero attached hydrogens (tertiary/aromatic N) is 2. The fourth-order valence-corrected chi connectivity index (χ4v) is 7.85. The maximum absolute atomic E-state index is 14.9. The molecule has 0 radical (unpaired) electrons. The number of anilines is 1. The van der Waals surface area contributed by atoms with Gasteiger partial charge in [-0.1, -0.05) is 59.7 Å². The lowest BCUT2D eigenvalue weighted by Crippen LogP contribution is -2.53. The minimum Gasteiger partial charge on any atom is -0.463 e. The first kappa shape index (κ1) is 26.4. The van der Waals surface area contributed by atoms with Crippen molar-refractivity contribution in [2.24, 2.45) is 23.7 Å². The summed E-state index contributed by atoms with van der Waals surface area (Å²) in [6.07, 6.45) is 2.57. The molecule has 0 spiro atoms. The van der Waals surface area contributed by atoms with E-state index >= 15 is 0 Å². The van der Waals surface area contributed by atoms with Gasteiger partial charge in [-0.15, -0.1) is 0 Å². The molecule has 2 aliphatic carbocycles. The summed E-state index contributed by atoms with van der Waals surface area (Å²) in [4.78, 5) is 57.0. The molecule has 3 heterocycles. The van der Waals surface area contributed by atoms with Crippen LogP contribution in [0.1, 0.15) is 41.4 Å². The Kier molecular flexibility index (Phi) is 5.99. The molecule has 4 aliphatic rings. The van der Waals surface area contributed by atoms with Crippen LogP contribution in [0.4, 0.5) is 5.69 Å². The van der Waals surface area contributed by atoms with Crippen LogP contribution in [0.5, 0.6) is 0 Å². The first-order valence-corrected chi connectivity index (χ1v) is 14.3. The first-order chi connectivity index (χ1) is 20.3. The number of aliphatic hydroxyl groups excluding tert-OH is 1. The summed E-state index contributed by atoms with van der Waals surface area (Å²) in [6.45, 7) is 1.63. The van der Waals surface area contributed by atoms with E-state index < -0.39 is 46.8 Å². The van der Waals surface area contributed by atoms with Gasteiger partial charge in [-0.3, -0.25) is 29.5 Å². The van der Waals surface area contributed by atoms with E-state index in [1.807, 2.05) is 67.6 Å². The normalized spacial score (nSPS) is 30.3. The van der Waals surface area contributed by atoms with E-state index in [1.165, 1.54) is 11.9 Å². The number of allylic oxidation sites excluding steroid dienone is 2. The minimum atomic E-state index is -1.38. The van der Waals surface area contributed by atoms with Gasteiger partial charge in [0, 0.05) is 7.05 Å². The summed E-state index contributed by atoms with van der Waals surface area (Å²) in [5.74, 6) is -3.64. The van der Waals surface area contributed by atoms with Gasteiger partial charge < -0.3 is 9.52 Å². The van der Waals surface area contributed by atoms with E-state index in [1.54, 1.807) is 12.1 Å². The number of aliphatic hydroxyl groups is 1. The molecule has 214 valence electrons. The van der Waals surface area contributed by atoms with Gasteiger partial charge in [0.1, 0.15) is 23.5 Å².